The molecule has 2 aliphatic rings. The van der Waals surface area contributed by atoms with E-state index >= 15 is 0 Å². The van der Waals surface area contributed by atoms with Crippen molar-refractivity contribution in [3.63, 3.8) is 0 Å². The fraction of sp³-hybridized carbons (Fsp3) is 0.364. The van der Waals surface area contributed by atoms with Gasteiger partial charge in [0, 0.05) is 29.8 Å². The molecule has 4 rings (SSSR count). The monoisotopic (exact) mass is 398 g/mol. The molecule has 1 atom stereocenters. The number of fused-ring (bicyclic) bond motifs is 1. The highest BCUT2D eigenvalue weighted by atomic mass is 35.5. The van der Waals surface area contributed by atoms with Crippen LogP contribution in [0.2, 0.25) is 5.02 Å². The van der Waals surface area contributed by atoms with Crippen molar-refractivity contribution < 1.29 is 14.7 Å². The molecule has 2 N–H and O–H groups in total. The largest absolute Gasteiger partial charge is 0.481 e. The third kappa shape index (κ3) is 3.72. The van der Waals surface area contributed by atoms with Crippen LogP contribution in [-0.2, 0) is 22.4 Å². The average Bonchev–Trinajstić information content (AvgIpc) is 3.26. The molecule has 146 valence electrons. The second-order valence-electron chi connectivity index (χ2n) is 7.86. The summed E-state index contributed by atoms with van der Waals surface area (Å²) in [6.07, 6.45) is 1.63. The molecule has 0 radical (unpaired) electrons. The van der Waals surface area contributed by atoms with E-state index in [0.717, 1.165) is 29.8 Å². The lowest BCUT2D eigenvalue weighted by Gasteiger charge is -2.28. The van der Waals surface area contributed by atoms with Gasteiger partial charge < -0.3 is 15.3 Å². The van der Waals surface area contributed by atoms with Crippen LogP contribution in [0.15, 0.2) is 48.5 Å². The summed E-state index contributed by atoms with van der Waals surface area (Å²) in [5.74, 6) is -1.08. The Hall–Kier alpha value is -2.53. The molecular formula is C22H23ClN2O3. The van der Waals surface area contributed by atoms with Crippen LogP contribution in [0.4, 0.5) is 5.69 Å². The van der Waals surface area contributed by atoms with Crippen molar-refractivity contribution in [2.75, 3.05) is 18.0 Å². The van der Waals surface area contributed by atoms with E-state index in [9.17, 15) is 14.7 Å². The van der Waals surface area contributed by atoms with Crippen molar-refractivity contribution in [1.82, 2.24) is 5.32 Å². The molecule has 0 aromatic heterocycles. The number of carbonyl (C=O) groups excluding carboxylic acids is 1. The average molecular weight is 399 g/mol. The summed E-state index contributed by atoms with van der Waals surface area (Å²) in [7, 11) is 0. The molecule has 1 amide bonds. The number of carboxylic acid groups (broad SMARTS) is 1. The Morgan fingerprint density at radius 2 is 1.86 bits per heavy atom. The molecule has 1 fully saturated rings. The van der Waals surface area contributed by atoms with Crippen molar-refractivity contribution >= 4 is 29.2 Å². The van der Waals surface area contributed by atoms with Crippen LogP contribution < -0.4 is 10.2 Å². The lowest BCUT2D eigenvalue weighted by atomic mass is 9.80. The standard InChI is InChI=1S/C22H23ClN2O3/c23-17-6-3-7-19(10-17)25-9-8-18(14-25)24-21(28)22(13-20(26)27)11-15-4-1-2-5-16(15)12-22/h1-7,10,18H,8-9,11-14H2,(H,24,28)(H,26,27). The first-order valence-electron chi connectivity index (χ1n) is 9.55. The van der Waals surface area contributed by atoms with E-state index in [1.54, 1.807) is 0 Å². The molecule has 1 heterocycles. The maximum atomic E-state index is 13.2. The van der Waals surface area contributed by atoms with E-state index in [2.05, 4.69) is 10.2 Å². The second-order valence-corrected chi connectivity index (χ2v) is 8.29. The minimum absolute atomic E-state index is 0.000800. The number of nitrogens with zero attached hydrogens (tertiary/aromatic N) is 1. The predicted octanol–water partition coefficient (Wildman–Crippen LogP) is 3.29. The molecule has 0 bridgehead atoms. The molecule has 5 nitrogen and oxygen atoms in total. The highest BCUT2D eigenvalue weighted by Gasteiger charge is 2.46. The number of carbonyl (C=O) groups is 2. The minimum Gasteiger partial charge on any atom is -0.481 e. The number of carboxylic acids is 1. The molecule has 1 unspecified atom stereocenters. The number of hydrogen-bond acceptors (Lipinski definition) is 3. The quantitative estimate of drug-likeness (QED) is 0.810. The van der Waals surface area contributed by atoms with Gasteiger partial charge in [0.1, 0.15) is 0 Å². The highest BCUT2D eigenvalue weighted by Crippen LogP contribution is 2.40. The molecule has 2 aromatic rings. The number of benzene rings is 2. The van der Waals surface area contributed by atoms with Gasteiger partial charge in [-0.3, -0.25) is 9.59 Å². The number of rotatable bonds is 5. The first-order chi connectivity index (χ1) is 13.4. The zero-order chi connectivity index (χ0) is 19.7. The summed E-state index contributed by atoms with van der Waals surface area (Å²) in [6.45, 7) is 1.53. The maximum absolute atomic E-state index is 13.2. The molecule has 6 heteroatoms. The summed E-state index contributed by atoms with van der Waals surface area (Å²) in [5, 5.41) is 13.3. The van der Waals surface area contributed by atoms with E-state index < -0.39 is 11.4 Å². The minimum atomic E-state index is -0.935. The first kappa shape index (κ1) is 18.8. The van der Waals surface area contributed by atoms with E-state index in [1.807, 2.05) is 48.5 Å². The third-order valence-corrected chi connectivity index (χ3v) is 6.08. The van der Waals surface area contributed by atoms with Crippen LogP contribution in [0.5, 0.6) is 0 Å². The van der Waals surface area contributed by atoms with Crippen LogP contribution in [-0.4, -0.2) is 36.1 Å². The van der Waals surface area contributed by atoms with Gasteiger partial charge in [-0.15, -0.1) is 0 Å². The third-order valence-electron chi connectivity index (χ3n) is 5.84. The number of nitrogens with one attached hydrogen (secondary N) is 1. The number of amides is 1. The van der Waals surface area contributed by atoms with Crippen molar-refractivity contribution in [3.05, 3.63) is 64.7 Å². The number of hydrogen-bond donors (Lipinski definition) is 2. The van der Waals surface area contributed by atoms with Gasteiger partial charge in [0.15, 0.2) is 0 Å². The van der Waals surface area contributed by atoms with Gasteiger partial charge in [0.05, 0.1) is 11.8 Å². The molecule has 1 aliphatic carbocycles. The fourth-order valence-corrected chi connectivity index (χ4v) is 4.66. The van der Waals surface area contributed by atoms with E-state index in [4.69, 9.17) is 11.6 Å². The Morgan fingerprint density at radius 1 is 1.14 bits per heavy atom. The van der Waals surface area contributed by atoms with E-state index in [0.29, 0.717) is 24.4 Å². The first-order valence-corrected chi connectivity index (χ1v) is 9.93. The van der Waals surface area contributed by atoms with Crippen LogP contribution in [0.1, 0.15) is 24.0 Å². The van der Waals surface area contributed by atoms with Gasteiger partial charge >= 0.3 is 5.97 Å². The Morgan fingerprint density at radius 3 is 2.50 bits per heavy atom. The lowest BCUT2D eigenvalue weighted by Crippen LogP contribution is -2.48. The smallest absolute Gasteiger partial charge is 0.304 e. The topological polar surface area (TPSA) is 69.6 Å². The van der Waals surface area contributed by atoms with Crippen LogP contribution in [0.3, 0.4) is 0 Å². The highest BCUT2D eigenvalue weighted by molar-refractivity contribution is 6.30. The SMILES string of the molecule is O=C(O)CC1(C(=O)NC2CCN(c3cccc(Cl)c3)C2)Cc2ccccc2C1. The summed E-state index contributed by atoms with van der Waals surface area (Å²) in [5.41, 5.74) is 2.29. The van der Waals surface area contributed by atoms with Crippen molar-refractivity contribution in [2.24, 2.45) is 5.41 Å². The molecule has 2 aromatic carbocycles. The van der Waals surface area contributed by atoms with Crippen molar-refractivity contribution in [1.29, 1.82) is 0 Å². The van der Waals surface area contributed by atoms with Crippen LogP contribution in [0.25, 0.3) is 0 Å². The van der Waals surface area contributed by atoms with Gasteiger partial charge in [-0.1, -0.05) is 41.9 Å². The Balaban J connectivity index is 1.46. The fourth-order valence-electron chi connectivity index (χ4n) is 4.47. The van der Waals surface area contributed by atoms with E-state index in [1.165, 1.54) is 0 Å². The number of aliphatic carboxylic acids is 1. The van der Waals surface area contributed by atoms with Gasteiger partial charge in [0.2, 0.25) is 5.91 Å². The second kappa shape index (κ2) is 7.47. The lowest BCUT2D eigenvalue weighted by molar-refractivity contribution is -0.145. The molecule has 1 saturated heterocycles. The zero-order valence-corrected chi connectivity index (χ0v) is 16.3. The van der Waals surface area contributed by atoms with Crippen molar-refractivity contribution in [3.8, 4) is 0 Å². The number of anilines is 1. The molecule has 28 heavy (non-hydrogen) atoms. The summed E-state index contributed by atoms with van der Waals surface area (Å²) < 4.78 is 0. The maximum Gasteiger partial charge on any atom is 0.304 e. The summed E-state index contributed by atoms with van der Waals surface area (Å²) >= 11 is 6.09. The molecule has 0 saturated carbocycles. The molecule has 0 spiro atoms. The molecule has 1 aliphatic heterocycles. The van der Waals surface area contributed by atoms with Crippen molar-refractivity contribution in [2.45, 2.75) is 31.7 Å². The Kier molecular flexibility index (Phi) is 5.02. The Labute approximate surface area is 169 Å². The van der Waals surface area contributed by atoms with Gasteiger partial charge in [-0.25, -0.2) is 0 Å². The zero-order valence-electron chi connectivity index (χ0n) is 15.5. The normalized spacial score (nSPS) is 20.0. The van der Waals surface area contributed by atoms with Crippen LogP contribution >= 0.6 is 11.6 Å². The van der Waals surface area contributed by atoms with Gasteiger partial charge in [-0.2, -0.15) is 0 Å². The molecular weight excluding hydrogens is 376 g/mol. The van der Waals surface area contributed by atoms with Gasteiger partial charge in [-0.05, 0) is 48.6 Å². The predicted molar refractivity (Wildman–Crippen MR) is 109 cm³/mol. The van der Waals surface area contributed by atoms with Gasteiger partial charge in [0.25, 0.3) is 0 Å². The van der Waals surface area contributed by atoms with Crippen LogP contribution in [0, 0.1) is 5.41 Å². The van der Waals surface area contributed by atoms with E-state index in [-0.39, 0.29) is 18.4 Å². The Bertz CT molecular complexity index is 889. The number of halogens is 1. The summed E-state index contributed by atoms with van der Waals surface area (Å²) in [6, 6.07) is 15.5. The summed E-state index contributed by atoms with van der Waals surface area (Å²) in [4.78, 5) is 26.9.